The van der Waals surface area contributed by atoms with E-state index in [2.05, 4.69) is 5.32 Å². The molecule has 2 saturated carbocycles. The Labute approximate surface area is 184 Å². The molecule has 2 atom stereocenters. The Hall–Kier alpha value is -2.42. The van der Waals surface area contributed by atoms with Gasteiger partial charge in [-0.2, -0.15) is 31.6 Å². The van der Waals surface area contributed by atoms with Gasteiger partial charge in [0.2, 0.25) is 11.8 Å². The monoisotopic (exact) mass is 483 g/mol. The highest BCUT2D eigenvalue weighted by molar-refractivity contribution is 5.83. The van der Waals surface area contributed by atoms with Crippen molar-refractivity contribution >= 4 is 5.91 Å². The average molecular weight is 483 g/mol. The number of nitrogens with one attached hydrogen (secondary N) is 2. The Morgan fingerprint density at radius 2 is 1.64 bits per heavy atom. The minimum absolute atomic E-state index is 0.238. The number of hydrogen-bond donors (Lipinski definition) is 2. The fourth-order valence-corrected chi connectivity index (χ4v) is 3.51. The molecule has 3 rings (SSSR count). The molecule has 0 spiro atoms. The zero-order chi connectivity index (χ0) is 24.7. The highest BCUT2D eigenvalue weighted by Gasteiger charge is 2.50. The maximum Gasteiger partial charge on any atom is 0.416 e. The van der Waals surface area contributed by atoms with Crippen molar-refractivity contribution in [2.75, 3.05) is 0 Å². The van der Waals surface area contributed by atoms with Crippen LogP contribution in [0.2, 0.25) is 0 Å². The molecule has 1 aromatic carbocycles. The summed E-state index contributed by atoms with van der Waals surface area (Å²) in [6, 6.07) is -0.839. The van der Waals surface area contributed by atoms with Crippen molar-refractivity contribution < 1.29 is 39.9 Å². The Morgan fingerprint density at radius 3 is 2.06 bits per heavy atom. The van der Waals surface area contributed by atoms with E-state index in [1.807, 2.05) is 5.32 Å². The van der Waals surface area contributed by atoms with Crippen LogP contribution >= 0.6 is 0 Å². The number of carbonyl (C=O) groups is 1. The lowest BCUT2D eigenvalue weighted by Crippen LogP contribution is -2.53. The molecule has 0 radical (unpaired) electrons. The summed E-state index contributed by atoms with van der Waals surface area (Å²) in [4.78, 5) is 12.6. The Kier molecular flexibility index (Phi) is 6.68. The molecule has 2 aliphatic carbocycles. The van der Waals surface area contributed by atoms with E-state index in [9.17, 15) is 39.9 Å². The van der Waals surface area contributed by atoms with E-state index in [-0.39, 0.29) is 18.8 Å². The molecular formula is C21H21F8N3O. The van der Waals surface area contributed by atoms with Crippen LogP contribution in [0.1, 0.15) is 55.7 Å². The molecule has 0 aromatic heterocycles. The molecular weight excluding hydrogens is 462 g/mol. The Bertz CT molecular complexity index is 896. The molecule has 1 aromatic rings. The van der Waals surface area contributed by atoms with Gasteiger partial charge in [-0.25, -0.2) is 8.78 Å². The van der Waals surface area contributed by atoms with Gasteiger partial charge in [0.05, 0.1) is 17.7 Å². The summed E-state index contributed by atoms with van der Waals surface area (Å²) >= 11 is 0. The van der Waals surface area contributed by atoms with Gasteiger partial charge in [-0.05, 0) is 49.3 Å². The zero-order valence-corrected chi connectivity index (χ0v) is 17.2. The molecule has 0 heterocycles. The van der Waals surface area contributed by atoms with Crippen molar-refractivity contribution in [2.24, 2.45) is 5.92 Å². The van der Waals surface area contributed by atoms with Crippen molar-refractivity contribution in [3.63, 3.8) is 0 Å². The van der Waals surface area contributed by atoms with Gasteiger partial charge in [0, 0.05) is 12.8 Å². The minimum atomic E-state index is -5.10. The van der Waals surface area contributed by atoms with Crippen LogP contribution in [0.5, 0.6) is 0 Å². The molecule has 1 amide bonds. The molecule has 33 heavy (non-hydrogen) atoms. The first-order valence-corrected chi connectivity index (χ1v) is 10.3. The number of halogens is 8. The van der Waals surface area contributed by atoms with E-state index < -0.39 is 65.8 Å². The Morgan fingerprint density at radius 1 is 1.06 bits per heavy atom. The summed E-state index contributed by atoms with van der Waals surface area (Å²) < 4.78 is 109. The lowest BCUT2D eigenvalue weighted by atomic mass is 9.98. The number of benzene rings is 1. The van der Waals surface area contributed by atoms with Crippen LogP contribution in [0.3, 0.4) is 0 Å². The standard InChI is InChI=1S/C21H21F8N3O/c22-19(23,9-12-1-2-12)10-15(17(33)32-18(11-30)7-8-18)31-16(21(27,28)29)13-3-5-14(6-4-13)20(24,25)26/h3-6,12,15-16,31H,1-2,7-10H2,(H,32,33)/t15-,16-/m0/s1. The van der Waals surface area contributed by atoms with Crippen molar-refractivity contribution in [1.82, 2.24) is 10.6 Å². The second-order valence-corrected chi connectivity index (χ2v) is 8.70. The highest BCUT2D eigenvalue weighted by atomic mass is 19.4. The van der Waals surface area contributed by atoms with Crippen molar-refractivity contribution in [3.05, 3.63) is 35.4 Å². The molecule has 2 N–H and O–H groups in total. The average Bonchev–Trinajstić information content (AvgIpc) is 3.61. The minimum Gasteiger partial charge on any atom is -0.336 e. The summed E-state index contributed by atoms with van der Waals surface area (Å²) in [5, 5.41) is 13.2. The molecule has 0 aliphatic heterocycles. The van der Waals surface area contributed by atoms with E-state index in [4.69, 9.17) is 5.26 Å². The summed E-state index contributed by atoms with van der Waals surface area (Å²) in [7, 11) is 0. The molecule has 0 unspecified atom stereocenters. The van der Waals surface area contributed by atoms with Gasteiger partial charge in [0.15, 0.2) is 0 Å². The van der Waals surface area contributed by atoms with E-state index in [0.29, 0.717) is 37.1 Å². The van der Waals surface area contributed by atoms with E-state index in [1.165, 1.54) is 0 Å². The first kappa shape index (κ1) is 25.2. The van der Waals surface area contributed by atoms with Gasteiger partial charge in [0.1, 0.15) is 11.6 Å². The predicted molar refractivity (Wildman–Crippen MR) is 99.8 cm³/mol. The summed E-state index contributed by atoms with van der Waals surface area (Å²) in [5.74, 6) is -4.91. The topological polar surface area (TPSA) is 64.9 Å². The number of nitriles is 1. The lowest BCUT2D eigenvalue weighted by Gasteiger charge is -2.30. The van der Waals surface area contributed by atoms with Crippen molar-refractivity contribution in [3.8, 4) is 6.07 Å². The summed E-state index contributed by atoms with van der Waals surface area (Å²) in [6.07, 6.45) is -10.1. The fourth-order valence-electron chi connectivity index (χ4n) is 3.51. The first-order valence-electron chi connectivity index (χ1n) is 10.3. The molecule has 2 fully saturated rings. The fraction of sp³-hybridized carbons (Fsp3) is 0.619. The number of nitrogens with zero attached hydrogens (tertiary/aromatic N) is 1. The van der Waals surface area contributed by atoms with Gasteiger partial charge in [-0.3, -0.25) is 10.1 Å². The molecule has 0 saturated heterocycles. The van der Waals surface area contributed by atoms with E-state index in [0.717, 1.165) is 0 Å². The number of alkyl halides is 8. The summed E-state index contributed by atoms with van der Waals surface area (Å²) in [6.45, 7) is 0. The van der Waals surface area contributed by atoms with Crippen LogP contribution in [0.25, 0.3) is 0 Å². The largest absolute Gasteiger partial charge is 0.416 e. The van der Waals surface area contributed by atoms with Gasteiger partial charge >= 0.3 is 12.4 Å². The van der Waals surface area contributed by atoms with Crippen LogP contribution < -0.4 is 10.6 Å². The SMILES string of the molecule is N#CC1(NC(=O)[C@H](CC(F)(F)CC2CC2)N[C@@H](c2ccc(C(F)(F)F)cc2)C(F)(F)F)CC1. The maximum absolute atomic E-state index is 14.5. The molecule has 2 aliphatic rings. The zero-order valence-electron chi connectivity index (χ0n) is 17.2. The van der Waals surface area contributed by atoms with E-state index in [1.54, 1.807) is 6.07 Å². The second kappa shape index (κ2) is 8.74. The van der Waals surface area contributed by atoms with Gasteiger partial charge in [-0.1, -0.05) is 12.1 Å². The second-order valence-electron chi connectivity index (χ2n) is 8.70. The van der Waals surface area contributed by atoms with Gasteiger partial charge in [-0.15, -0.1) is 0 Å². The number of amides is 1. The quantitative estimate of drug-likeness (QED) is 0.471. The molecule has 0 bridgehead atoms. The van der Waals surface area contributed by atoms with Crippen LogP contribution in [0, 0.1) is 17.2 Å². The van der Waals surface area contributed by atoms with E-state index >= 15 is 0 Å². The van der Waals surface area contributed by atoms with Crippen LogP contribution in [0.4, 0.5) is 35.1 Å². The van der Waals surface area contributed by atoms with Gasteiger partial charge in [0.25, 0.3) is 0 Å². The number of carbonyl (C=O) groups excluding carboxylic acids is 1. The molecule has 182 valence electrons. The molecule has 12 heteroatoms. The lowest BCUT2D eigenvalue weighted by molar-refractivity contribution is -0.163. The smallest absolute Gasteiger partial charge is 0.336 e. The first-order chi connectivity index (χ1) is 15.1. The highest BCUT2D eigenvalue weighted by Crippen LogP contribution is 2.42. The predicted octanol–water partition coefficient (Wildman–Crippen LogP) is 5.26. The van der Waals surface area contributed by atoms with Gasteiger partial charge < -0.3 is 5.32 Å². The summed E-state index contributed by atoms with van der Waals surface area (Å²) in [5.41, 5.74) is -3.15. The van der Waals surface area contributed by atoms with Crippen LogP contribution in [-0.4, -0.2) is 29.6 Å². The number of hydrogen-bond acceptors (Lipinski definition) is 3. The normalized spacial score (nSPS) is 20.0. The third kappa shape index (κ3) is 6.79. The third-order valence-corrected chi connectivity index (χ3v) is 5.70. The van der Waals surface area contributed by atoms with Crippen LogP contribution in [-0.2, 0) is 11.0 Å². The Balaban J connectivity index is 1.86. The maximum atomic E-state index is 14.5. The third-order valence-electron chi connectivity index (χ3n) is 5.70. The van der Waals surface area contributed by atoms with Crippen molar-refractivity contribution in [2.45, 2.75) is 74.4 Å². The van der Waals surface area contributed by atoms with Crippen LogP contribution in [0.15, 0.2) is 24.3 Å². The number of rotatable bonds is 9. The van der Waals surface area contributed by atoms with Crippen molar-refractivity contribution in [1.29, 1.82) is 5.26 Å². The molecule has 4 nitrogen and oxygen atoms in total.